The molecule has 1 saturated carbocycles. The predicted molar refractivity (Wildman–Crippen MR) is 76.6 cm³/mol. The first-order valence-electron chi connectivity index (χ1n) is 5.82. The summed E-state index contributed by atoms with van der Waals surface area (Å²) in [5.74, 6) is 0. The van der Waals surface area contributed by atoms with Crippen molar-refractivity contribution in [3.8, 4) is 5.69 Å². The van der Waals surface area contributed by atoms with Gasteiger partial charge in [0.15, 0.2) is 0 Å². The Morgan fingerprint density at radius 1 is 1.33 bits per heavy atom. The van der Waals surface area contributed by atoms with Crippen LogP contribution in [0.5, 0.6) is 0 Å². The second kappa shape index (κ2) is 5.11. The van der Waals surface area contributed by atoms with E-state index in [0.29, 0.717) is 6.04 Å². The third-order valence-corrected chi connectivity index (χ3v) is 4.04. The van der Waals surface area contributed by atoms with Gasteiger partial charge in [-0.05, 0) is 47.0 Å². The minimum atomic E-state index is 0.682. The van der Waals surface area contributed by atoms with E-state index in [2.05, 4.69) is 47.5 Å². The standard InChI is InChI=1S/C12H12Br2N4/c13-8-1-4-12(11(14)5-8)18-10(7-16-17-18)6-15-9-2-3-9/h1,4-5,7,9,15H,2-3,6H2. The SMILES string of the molecule is Brc1ccc(-n2nncc2CNC2CC2)c(Br)c1. The normalized spacial score (nSPS) is 15.0. The van der Waals surface area contributed by atoms with Gasteiger partial charge in [-0.3, -0.25) is 0 Å². The number of hydrogen-bond donors (Lipinski definition) is 1. The molecule has 0 saturated heterocycles. The van der Waals surface area contributed by atoms with Gasteiger partial charge in [-0.15, -0.1) is 5.10 Å². The minimum absolute atomic E-state index is 0.682. The maximum Gasteiger partial charge on any atom is 0.0810 e. The molecule has 1 N–H and O–H groups in total. The van der Waals surface area contributed by atoms with Gasteiger partial charge in [0.1, 0.15) is 0 Å². The summed E-state index contributed by atoms with van der Waals surface area (Å²) < 4.78 is 3.90. The lowest BCUT2D eigenvalue weighted by Crippen LogP contribution is -2.18. The van der Waals surface area contributed by atoms with Crippen LogP contribution in [0.2, 0.25) is 0 Å². The molecule has 1 aliphatic carbocycles. The second-order valence-corrected chi connectivity index (χ2v) is 6.16. The summed E-state index contributed by atoms with van der Waals surface area (Å²) >= 11 is 7.00. The van der Waals surface area contributed by atoms with Gasteiger partial charge >= 0.3 is 0 Å². The van der Waals surface area contributed by atoms with Crippen molar-refractivity contribution in [1.29, 1.82) is 0 Å². The van der Waals surface area contributed by atoms with Gasteiger partial charge in [0.25, 0.3) is 0 Å². The van der Waals surface area contributed by atoms with Crippen LogP contribution in [0.4, 0.5) is 0 Å². The smallest absolute Gasteiger partial charge is 0.0810 e. The van der Waals surface area contributed by atoms with E-state index in [1.54, 1.807) is 0 Å². The first kappa shape index (κ1) is 12.3. The van der Waals surface area contributed by atoms with Gasteiger partial charge in [-0.2, -0.15) is 0 Å². The summed E-state index contributed by atoms with van der Waals surface area (Å²) in [6, 6.07) is 6.71. The maximum atomic E-state index is 4.16. The first-order chi connectivity index (χ1) is 8.74. The number of nitrogens with zero attached hydrogens (tertiary/aromatic N) is 3. The maximum absolute atomic E-state index is 4.16. The van der Waals surface area contributed by atoms with Gasteiger partial charge in [0.2, 0.25) is 0 Å². The molecule has 0 atom stereocenters. The molecule has 1 aliphatic rings. The van der Waals surface area contributed by atoms with E-state index >= 15 is 0 Å². The van der Waals surface area contributed by atoms with Gasteiger partial charge in [0.05, 0.1) is 17.6 Å². The Balaban J connectivity index is 1.88. The molecule has 0 bridgehead atoms. The highest BCUT2D eigenvalue weighted by Gasteiger charge is 2.21. The Bertz CT molecular complexity index is 563. The van der Waals surface area contributed by atoms with Crippen LogP contribution in [-0.4, -0.2) is 21.0 Å². The Morgan fingerprint density at radius 2 is 2.17 bits per heavy atom. The average Bonchev–Trinajstić information content (AvgIpc) is 3.06. The number of aromatic nitrogens is 3. The summed E-state index contributed by atoms with van der Waals surface area (Å²) in [5.41, 5.74) is 2.08. The lowest BCUT2D eigenvalue weighted by molar-refractivity contribution is 0.646. The number of hydrogen-bond acceptors (Lipinski definition) is 3. The van der Waals surface area contributed by atoms with Crippen LogP contribution in [0.25, 0.3) is 5.69 Å². The fraction of sp³-hybridized carbons (Fsp3) is 0.333. The highest BCUT2D eigenvalue weighted by atomic mass is 79.9. The Hall–Kier alpha value is -0.720. The van der Waals surface area contributed by atoms with Gasteiger partial charge < -0.3 is 5.32 Å². The number of halogens is 2. The van der Waals surface area contributed by atoms with E-state index < -0.39 is 0 Å². The molecule has 0 radical (unpaired) electrons. The molecule has 1 heterocycles. The van der Waals surface area contributed by atoms with Crippen LogP contribution in [0.1, 0.15) is 18.5 Å². The molecule has 0 spiro atoms. The third kappa shape index (κ3) is 2.65. The Morgan fingerprint density at radius 3 is 2.89 bits per heavy atom. The fourth-order valence-electron chi connectivity index (χ4n) is 1.77. The second-order valence-electron chi connectivity index (χ2n) is 4.39. The van der Waals surface area contributed by atoms with Crippen molar-refractivity contribution >= 4 is 31.9 Å². The van der Waals surface area contributed by atoms with E-state index in [4.69, 9.17) is 0 Å². The van der Waals surface area contributed by atoms with E-state index in [-0.39, 0.29) is 0 Å². The van der Waals surface area contributed by atoms with Gasteiger partial charge in [-0.25, -0.2) is 4.68 Å². The van der Waals surface area contributed by atoms with Crippen molar-refractivity contribution in [2.24, 2.45) is 0 Å². The summed E-state index contributed by atoms with van der Waals surface area (Å²) in [7, 11) is 0. The topological polar surface area (TPSA) is 42.7 Å². The molecule has 3 rings (SSSR count). The van der Waals surface area contributed by atoms with Crippen LogP contribution >= 0.6 is 31.9 Å². The zero-order chi connectivity index (χ0) is 12.5. The van der Waals surface area contributed by atoms with Gasteiger partial charge in [-0.1, -0.05) is 21.1 Å². The Labute approximate surface area is 122 Å². The van der Waals surface area contributed by atoms with Crippen molar-refractivity contribution in [3.05, 3.63) is 39.0 Å². The molecule has 1 fully saturated rings. The quantitative estimate of drug-likeness (QED) is 0.898. The van der Waals surface area contributed by atoms with E-state index in [9.17, 15) is 0 Å². The zero-order valence-electron chi connectivity index (χ0n) is 9.61. The van der Waals surface area contributed by atoms with Gasteiger partial charge in [0, 0.05) is 21.5 Å². The molecule has 0 amide bonds. The zero-order valence-corrected chi connectivity index (χ0v) is 12.8. The van der Waals surface area contributed by atoms with E-state index in [1.165, 1.54) is 12.8 Å². The van der Waals surface area contributed by atoms with Crippen LogP contribution in [0.15, 0.2) is 33.3 Å². The van der Waals surface area contributed by atoms with Crippen molar-refractivity contribution in [1.82, 2.24) is 20.3 Å². The van der Waals surface area contributed by atoms with Crippen LogP contribution in [-0.2, 0) is 6.54 Å². The van der Waals surface area contributed by atoms with Crippen molar-refractivity contribution in [3.63, 3.8) is 0 Å². The lowest BCUT2D eigenvalue weighted by atomic mass is 10.3. The first-order valence-corrected chi connectivity index (χ1v) is 7.41. The molecule has 2 aromatic rings. The van der Waals surface area contributed by atoms with Crippen molar-refractivity contribution in [2.75, 3.05) is 0 Å². The minimum Gasteiger partial charge on any atom is -0.308 e. The fourth-order valence-corrected chi connectivity index (χ4v) is 2.98. The molecule has 94 valence electrons. The average molecular weight is 372 g/mol. The predicted octanol–water partition coefficient (Wildman–Crippen LogP) is 3.04. The van der Waals surface area contributed by atoms with E-state index in [1.807, 2.05) is 29.1 Å². The molecule has 1 aromatic heterocycles. The summed E-state index contributed by atoms with van der Waals surface area (Å²) in [5, 5.41) is 11.6. The summed E-state index contributed by atoms with van der Waals surface area (Å²) in [6.07, 6.45) is 4.37. The summed E-state index contributed by atoms with van der Waals surface area (Å²) in [6.45, 7) is 0.806. The van der Waals surface area contributed by atoms with Crippen molar-refractivity contribution < 1.29 is 0 Å². The summed E-state index contributed by atoms with van der Waals surface area (Å²) in [4.78, 5) is 0. The highest BCUT2D eigenvalue weighted by Crippen LogP contribution is 2.25. The van der Waals surface area contributed by atoms with Crippen molar-refractivity contribution in [2.45, 2.75) is 25.4 Å². The largest absolute Gasteiger partial charge is 0.308 e. The monoisotopic (exact) mass is 370 g/mol. The molecule has 6 heteroatoms. The van der Waals surface area contributed by atoms with E-state index in [0.717, 1.165) is 26.9 Å². The molecular weight excluding hydrogens is 360 g/mol. The number of rotatable bonds is 4. The lowest BCUT2D eigenvalue weighted by Gasteiger charge is -2.09. The highest BCUT2D eigenvalue weighted by molar-refractivity contribution is 9.11. The van der Waals surface area contributed by atoms with Crippen LogP contribution in [0, 0.1) is 0 Å². The Kier molecular flexibility index (Phi) is 3.50. The molecule has 0 aliphatic heterocycles. The number of nitrogens with one attached hydrogen (secondary N) is 1. The molecule has 4 nitrogen and oxygen atoms in total. The molecule has 0 unspecified atom stereocenters. The molecule has 1 aromatic carbocycles. The molecular formula is C12H12Br2N4. The third-order valence-electron chi connectivity index (χ3n) is 2.91. The number of benzene rings is 1. The molecule has 18 heavy (non-hydrogen) atoms. The van der Waals surface area contributed by atoms with Crippen LogP contribution < -0.4 is 5.32 Å². The van der Waals surface area contributed by atoms with Crippen LogP contribution in [0.3, 0.4) is 0 Å².